The Labute approximate surface area is 145 Å². The van der Waals surface area contributed by atoms with Crippen molar-refractivity contribution in [3.05, 3.63) is 90.0 Å². The molecule has 0 bridgehead atoms. The molecule has 3 nitrogen and oxygen atoms in total. The molecule has 0 aliphatic heterocycles. The second-order valence-corrected chi connectivity index (χ2v) is 5.91. The van der Waals surface area contributed by atoms with Crippen LogP contribution < -0.4 is 4.74 Å². The Kier molecular flexibility index (Phi) is 4.05. The van der Waals surface area contributed by atoms with Crippen LogP contribution in [0.3, 0.4) is 0 Å². The third-order valence-electron chi connectivity index (χ3n) is 4.22. The number of aldehydes is 1. The van der Waals surface area contributed by atoms with E-state index in [9.17, 15) is 4.79 Å². The van der Waals surface area contributed by atoms with E-state index < -0.39 is 0 Å². The van der Waals surface area contributed by atoms with Crippen LogP contribution in [-0.4, -0.2) is 11.3 Å². The molecule has 0 spiro atoms. The topological polar surface area (TPSA) is 42.1 Å². The highest BCUT2D eigenvalue weighted by molar-refractivity contribution is 5.92. The number of carbonyl (C=O) groups is 1. The lowest BCUT2D eigenvalue weighted by molar-refractivity contribution is 0.112. The molecule has 122 valence electrons. The van der Waals surface area contributed by atoms with Crippen LogP contribution in [0, 0.1) is 0 Å². The van der Waals surface area contributed by atoms with Gasteiger partial charge in [0.1, 0.15) is 12.4 Å². The van der Waals surface area contributed by atoms with Crippen molar-refractivity contribution < 1.29 is 9.53 Å². The third kappa shape index (κ3) is 3.17. The highest BCUT2D eigenvalue weighted by atomic mass is 16.5. The van der Waals surface area contributed by atoms with Gasteiger partial charge in [-0.2, -0.15) is 0 Å². The van der Waals surface area contributed by atoms with Gasteiger partial charge in [0.15, 0.2) is 6.29 Å². The maximum absolute atomic E-state index is 11.6. The lowest BCUT2D eigenvalue weighted by Crippen LogP contribution is -1.96. The Morgan fingerprint density at radius 3 is 2.48 bits per heavy atom. The monoisotopic (exact) mass is 327 g/mol. The number of carbonyl (C=O) groups excluding carboxylic acids is 1. The van der Waals surface area contributed by atoms with Crippen molar-refractivity contribution >= 4 is 17.2 Å². The van der Waals surface area contributed by atoms with Crippen LogP contribution in [0.25, 0.3) is 22.2 Å². The van der Waals surface area contributed by atoms with Gasteiger partial charge in [-0.25, -0.2) is 0 Å². The molecule has 0 aliphatic carbocycles. The number of hydrogen-bond donors (Lipinski definition) is 1. The minimum atomic E-state index is 0.477. The Morgan fingerprint density at radius 2 is 1.68 bits per heavy atom. The second kappa shape index (κ2) is 6.65. The Hall–Kier alpha value is -3.33. The SMILES string of the molecule is O=Cc1cc(OCc2ccccc2)ccc1-c1cc2ccccc2[nH]1. The Bertz CT molecular complexity index is 986. The van der Waals surface area contributed by atoms with Crippen molar-refractivity contribution in [2.45, 2.75) is 6.61 Å². The van der Waals surface area contributed by atoms with Crippen molar-refractivity contribution in [1.29, 1.82) is 0 Å². The van der Waals surface area contributed by atoms with Crippen molar-refractivity contribution in [2.75, 3.05) is 0 Å². The lowest BCUT2D eigenvalue weighted by atomic mass is 10.0. The van der Waals surface area contributed by atoms with Crippen LogP contribution in [0.4, 0.5) is 0 Å². The molecule has 0 atom stereocenters. The molecule has 0 unspecified atom stereocenters. The first kappa shape index (κ1) is 15.2. The van der Waals surface area contributed by atoms with Gasteiger partial charge in [0.2, 0.25) is 0 Å². The predicted molar refractivity (Wildman–Crippen MR) is 99.9 cm³/mol. The highest BCUT2D eigenvalue weighted by Gasteiger charge is 2.09. The average molecular weight is 327 g/mol. The Balaban J connectivity index is 1.62. The molecular formula is C22H17NO2. The molecule has 0 aliphatic rings. The molecule has 0 saturated carbocycles. The van der Waals surface area contributed by atoms with E-state index in [1.165, 1.54) is 0 Å². The zero-order valence-corrected chi connectivity index (χ0v) is 13.6. The minimum absolute atomic E-state index is 0.477. The summed E-state index contributed by atoms with van der Waals surface area (Å²) in [5.74, 6) is 0.686. The molecule has 1 heterocycles. The molecule has 0 radical (unpaired) electrons. The molecule has 3 aromatic carbocycles. The number of fused-ring (bicyclic) bond motifs is 1. The fraction of sp³-hybridized carbons (Fsp3) is 0.0455. The number of ether oxygens (including phenoxy) is 1. The highest BCUT2D eigenvalue weighted by Crippen LogP contribution is 2.29. The lowest BCUT2D eigenvalue weighted by Gasteiger charge is -2.09. The molecule has 1 aromatic heterocycles. The number of nitrogens with one attached hydrogen (secondary N) is 1. The molecule has 0 saturated heterocycles. The van der Waals surface area contributed by atoms with Crippen LogP contribution in [0.15, 0.2) is 78.9 Å². The molecular weight excluding hydrogens is 310 g/mol. The van der Waals surface area contributed by atoms with Gasteiger partial charge >= 0.3 is 0 Å². The summed E-state index contributed by atoms with van der Waals surface area (Å²) >= 11 is 0. The van der Waals surface area contributed by atoms with E-state index in [-0.39, 0.29) is 0 Å². The Morgan fingerprint density at radius 1 is 0.880 bits per heavy atom. The largest absolute Gasteiger partial charge is 0.489 e. The van der Waals surface area contributed by atoms with E-state index in [1.807, 2.05) is 66.7 Å². The first-order valence-electron chi connectivity index (χ1n) is 8.17. The van der Waals surface area contributed by atoms with Crippen LogP contribution in [0.2, 0.25) is 0 Å². The van der Waals surface area contributed by atoms with E-state index in [4.69, 9.17) is 4.74 Å². The standard InChI is InChI=1S/C22H17NO2/c24-14-18-12-19(25-15-16-6-2-1-3-7-16)10-11-20(18)22-13-17-8-4-5-9-21(17)23-22/h1-14,23H,15H2. The zero-order valence-electron chi connectivity index (χ0n) is 13.6. The number of hydrogen-bond acceptors (Lipinski definition) is 2. The summed E-state index contributed by atoms with van der Waals surface area (Å²) in [6.07, 6.45) is 0.871. The van der Waals surface area contributed by atoms with Crippen molar-refractivity contribution in [2.24, 2.45) is 0 Å². The normalized spacial score (nSPS) is 10.7. The summed E-state index contributed by atoms with van der Waals surface area (Å²) in [6.45, 7) is 0.477. The van der Waals surface area contributed by atoms with Gasteiger partial charge in [-0.1, -0.05) is 48.5 Å². The van der Waals surface area contributed by atoms with Crippen LogP contribution in [0.1, 0.15) is 15.9 Å². The van der Waals surface area contributed by atoms with E-state index in [0.29, 0.717) is 17.9 Å². The number of benzene rings is 3. The summed E-state index contributed by atoms with van der Waals surface area (Å²) in [5, 5.41) is 1.12. The minimum Gasteiger partial charge on any atom is -0.489 e. The number of H-pyrrole nitrogens is 1. The van der Waals surface area contributed by atoms with Gasteiger partial charge in [0.05, 0.1) is 0 Å². The molecule has 0 amide bonds. The van der Waals surface area contributed by atoms with Gasteiger partial charge in [-0.15, -0.1) is 0 Å². The van der Waals surface area contributed by atoms with Crippen molar-refractivity contribution in [1.82, 2.24) is 4.98 Å². The molecule has 0 fully saturated rings. The smallest absolute Gasteiger partial charge is 0.150 e. The first-order valence-corrected chi connectivity index (χ1v) is 8.17. The van der Waals surface area contributed by atoms with Crippen LogP contribution in [0.5, 0.6) is 5.75 Å². The summed E-state index contributed by atoms with van der Waals surface area (Å²) in [5.41, 5.74) is 4.56. The summed E-state index contributed by atoms with van der Waals surface area (Å²) in [6, 6.07) is 25.7. The van der Waals surface area contributed by atoms with Crippen LogP contribution in [-0.2, 0) is 6.61 Å². The van der Waals surface area contributed by atoms with Crippen molar-refractivity contribution in [3.63, 3.8) is 0 Å². The van der Waals surface area contributed by atoms with Crippen molar-refractivity contribution in [3.8, 4) is 17.0 Å². The molecule has 1 N–H and O–H groups in total. The first-order chi connectivity index (χ1) is 12.3. The number of aromatic nitrogens is 1. The summed E-state index contributed by atoms with van der Waals surface area (Å²) in [4.78, 5) is 14.9. The van der Waals surface area contributed by atoms with E-state index in [2.05, 4.69) is 11.1 Å². The van der Waals surface area contributed by atoms with Gasteiger partial charge in [-0.3, -0.25) is 4.79 Å². The van der Waals surface area contributed by atoms with Gasteiger partial charge in [-0.05, 0) is 35.9 Å². The second-order valence-electron chi connectivity index (χ2n) is 5.91. The van der Waals surface area contributed by atoms with Gasteiger partial charge in [0, 0.05) is 27.7 Å². The van der Waals surface area contributed by atoms with E-state index in [0.717, 1.165) is 34.0 Å². The maximum atomic E-state index is 11.6. The number of rotatable bonds is 5. The quantitative estimate of drug-likeness (QED) is 0.510. The maximum Gasteiger partial charge on any atom is 0.150 e. The third-order valence-corrected chi connectivity index (χ3v) is 4.22. The van der Waals surface area contributed by atoms with Crippen LogP contribution >= 0.6 is 0 Å². The fourth-order valence-electron chi connectivity index (χ4n) is 2.93. The molecule has 25 heavy (non-hydrogen) atoms. The van der Waals surface area contributed by atoms with Gasteiger partial charge in [0.25, 0.3) is 0 Å². The fourth-order valence-corrected chi connectivity index (χ4v) is 2.93. The van der Waals surface area contributed by atoms with E-state index in [1.54, 1.807) is 6.07 Å². The molecule has 3 heteroatoms. The average Bonchev–Trinajstić information content (AvgIpc) is 3.11. The summed E-state index contributed by atoms with van der Waals surface area (Å²) < 4.78 is 5.82. The molecule has 4 aromatic rings. The zero-order chi connectivity index (χ0) is 17.1. The number of para-hydroxylation sites is 1. The van der Waals surface area contributed by atoms with Gasteiger partial charge < -0.3 is 9.72 Å². The predicted octanol–water partition coefficient (Wildman–Crippen LogP) is 5.23. The number of aromatic amines is 1. The molecule has 4 rings (SSSR count). The van der Waals surface area contributed by atoms with E-state index >= 15 is 0 Å². The summed E-state index contributed by atoms with van der Waals surface area (Å²) in [7, 11) is 0.